The van der Waals surface area contributed by atoms with Gasteiger partial charge in [0, 0.05) is 39.0 Å². The minimum Gasteiger partial charge on any atom is -0.208 e. The van der Waals surface area contributed by atoms with Gasteiger partial charge < -0.3 is 0 Å². The van der Waals surface area contributed by atoms with Crippen molar-refractivity contribution in [2.24, 2.45) is 0 Å². The van der Waals surface area contributed by atoms with E-state index in [-0.39, 0.29) is 0 Å². The molecule has 0 radical (unpaired) electrons. The number of rotatable bonds is 10. The molecule has 176 valence electrons. The van der Waals surface area contributed by atoms with Crippen LogP contribution in [0.3, 0.4) is 0 Å². The van der Waals surface area contributed by atoms with Crippen LogP contribution in [0.4, 0.5) is 0 Å². The topological polar surface area (TPSA) is 74.8 Å². The predicted molar refractivity (Wildman–Crippen MR) is 130 cm³/mol. The molecule has 0 aromatic carbocycles. The van der Waals surface area contributed by atoms with E-state index >= 15 is 0 Å². The summed E-state index contributed by atoms with van der Waals surface area (Å²) < 4.78 is 48.3. The molecule has 30 heavy (non-hydrogen) atoms. The lowest BCUT2D eigenvalue weighted by molar-refractivity contribution is 0.529. The van der Waals surface area contributed by atoms with Crippen molar-refractivity contribution in [2.75, 3.05) is 28.2 Å². The average molecular weight is 463 g/mol. The summed E-state index contributed by atoms with van der Waals surface area (Å²) in [5, 5.41) is 2.68. The maximum Gasteiger partial charge on any atom is 0.235 e. The Hall–Kier alpha value is -1.22. The van der Waals surface area contributed by atoms with E-state index in [1.165, 1.54) is 58.8 Å². The van der Waals surface area contributed by atoms with Crippen LogP contribution in [-0.2, 0) is 20.0 Å². The molecule has 0 aromatic rings. The van der Waals surface area contributed by atoms with Crippen molar-refractivity contribution in [3.8, 4) is 0 Å². The van der Waals surface area contributed by atoms with E-state index in [4.69, 9.17) is 0 Å². The van der Waals surface area contributed by atoms with Gasteiger partial charge in [-0.15, -0.1) is 0 Å². The Morgan fingerprint density at radius 2 is 0.867 bits per heavy atom. The summed E-state index contributed by atoms with van der Waals surface area (Å²) in [6.45, 7) is 11.8. The smallest absolute Gasteiger partial charge is 0.208 e. The summed E-state index contributed by atoms with van der Waals surface area (Å²) in [5.41, 5.74) is 4.30. The Labute approximate surface area is 186 Å². The number of allylic oxidation sites excluding steroid dienone is 6. The first kappa shape index (κ1) is 31.0. The van der Waals surface area contributed by atoms with Gasteiger partial charge in [0.25, 0.3) is 0 Å². The summed E-state index contributed by atoms with van der Waals surface area (Å²) in [6, 6.07) is 0. The highest BCUT2D eigenvalue weighted by Crippen LogP contribution is 2.11. The van der Waals surface area contributed by atoms with Crippen molar-refractivity contribution in [1.29, 1.82) is 0 Å². The minimum atomic E-state index is -3.20. The molecule has 0 aliphatic rings. The van der Waals surface area contributed by atoms with E-state index in [0.29, 0.717) is 0 Å². The Morgan fingerprint density at radius 3 is 1.07 bits per heavy atom. The fraction of sp³-hybridized carbons (Fsp3) is 0.636. The zero-order valence-electron chi connectivity index (χ0n) is 20.5. The van der Waals surface area contributed by atoms with Crippen molar-refractivity contribution in [3.05, 3.63) is 45.3 Å². The first-order valence-electron chi connectivity index (χ1n) is 9.97. The molecule has 0 heterocycles. The molecule has 0 aliphatic heterocycles. The summed E-state index contributed by atoms with van der Waals surface area (Å²) in [7, 11) is -0.247. The van der Waals surface area contributed by atoms with Crippen LogP contribution >= 0.6 is 0 Å². The van der Waals surface area contributed by atoms with Crippen molar-refractivity contribution in [3.63, 3.8) is 0 Å². The van der Waals surface area contributed by atoms with Gasteiger partial charge in [-0.05, 0) is 67.2 Å². The van der Waals surface area contributed by atoms with E-state index in [9.17, 15) is 16.8 Å². The second kappa shape index (κ2) is 14.7. The van der Waals surface area contributed by atoms with E-state index in [1.807, 2.05) is 41.5 Å². The van der Waals surface area contributed by atoms with Gasteiger partial charge in [0.15, 0.2) is 0 Å². The second-order valence-corrected chi connectivity index (χ2v) is 12.2. The van der Waals surface area contributed by atoms with E-state index in [0.717, 1.165) is 36.8 Å². The zero-order valence-corrected chi connectivity index (χ0v) is 22.1. The SMILES string of the molecule is CC(C)=CCC/C(C)=C/S(=O)(=O)N(C)C.CC(C)=CCC/C(C)=C\S(=O)(=O)N(C)C. The van der Waals surface area contributed by atoms with Crippen molar-refractivity contribution in [2.45, 2.75) is 67.2 Å². The quantitative estimate of drug-likeness (QED) is 0.426. The second-order valence-electron chi connectivity index (χ2n) is 8.22. The van der Waals surface area contributed by atoms with Gasteiger partial charge >= 0.3 is 0 Å². The van der Waals surface area contributed by atoms with Crippen LogP contribution in [0.25, 0.3) is 0 Å². The third-order valence-corrected chi connectivity index (χ3v) is 7.34. The van der Waals surface area contributed by atoms with Gasteiger partial charge in [-0.1, -0.05) is 34.4 Å². The highest BCUT2D eigenvalue weighted by Gasteiger charge is 2.10. The first-order valence-corrected chi connectivity index (χ1v) is 13.0. The van der Waals surface area contributed by atoms with Crippen LogP contribution in [0.15, 0.2) is 45.3 Å². The minimum absolute atomic E-state index is 0.790. The average Bonchev–Trinajstić information content (AvgIpc) is 2.53. The van der Waals surface area contributed by atoms with Crippen LogP contribution in [0.2, 0.25) is 0 Å². The first-order chi connectivity index (χ1) is 13.5. The molecule has 0 N–H and O–H groups in total. The van der Waals surface area contributed by atoms with Crippen LogP contribution in [0.5, 0.6) is 0 Å². The van der Waals surface area contributed by atoms with E-state index < -0.39 is 20.0 Å². The largest absolute Gasteiger partial charge is 0.235 e. The molecule has 0 fully saturated rings. The summed E-state index contributed by atoms with van der Waals surface area (Å²) >= 11 is 0. The van der Waals surface area contributed by atoms with Crippen LogP contribution in [0, 0.1) is 0 Å². The van der Waals surface area contributed by atoms with Gasteiger partial charge in [0.2, 0.25) is 20.0 Å². The lowest BCUT2D eigenvalue weighted by Gasteiger charge is -2.08. The number of nitrogens with zero attached hydrogens (tertiary/aromatic N) is 2. The van der Waals surface area contributed by atoms with E-state index in [1.54, 1.807) is 0 Å². The van der Waals surface area contributed by atoms with Gasteiger partial charge in [-0.2, -0.15) is 0 Å². The molecule has 0 aromatic heterocycles. The molecule has 6 nitrogen and oxygen atoms in total. The van der Waals surface area contributed by atoms with Gasteiger partial charge in [-0.25, -0.2) is 25.4 Å². The molecular formula is C22H42N2O4S2. The molecule has 0 unspecified atom stereocenters. The lowest BCUT2D eigenvalue weighted by Crippen LogP contribution is -2.19. The molecule has 0 amide bonds. The van der Waals surface area contributed by atoms with Gasteiger partial charge in [0.05, 0.1) is 0 Å². The molecule has 0 atom stereocenters. The number of hydrogen-bond donors (Lipinski definition) is 0. The Kier molecular flexibility index (Phi) is 15.2. The van der Waals surface area contributed by atoms with Crippen LogP contribution in [-0.4, -0.2) is 53.6 Å². The van der Waals surface area contributed by atoms with Crippen molar-refractivity contribution in [1.82, 2.24) is 8.61 Å². The molecule has 0 rings (SSSR count). The Morgan fingerprint density at radius 1 is 0.600 bits per heavy atom. The Bertz CT molecular complexity index is 766. The molecule has 0 spiro atoms. The van der Waals surface area contributed by atoms with Crippen LogP contribution < -0.4 is 0 Å². The Balaban J connectivity index is 0. The third-order valence-electron chi connectivity index (χ3n) is 3.90. The van der Waals surface area contributed by atoms with Crippen LogP contribution in [0.1, 0.15) is 67.2 Å². The van der Waals surface area contributed by atoms with Crippen molar-refractivity contribution < 1.29 is 16.8 Å². The zero-order chi connectivity index (χ0) is 24.1. The van der Waals surface area contributed by atoms with Crippen molar-refractivity contribution >= 4 is 20.0 Å². The normalized spacial score (nSPS) is 13.1. The molecule has 0 saturated carbocycles. The molecule has 0 saturated heterocycles. The maximum atomic E-state index is 11.5. The molecule has 8 heteroatoms. The molecular weight excluding hydrogens is 420 g/mol. The third kappa shape index (κ3) is 16.6. The molecule has 0 bridgehead atoms. The summed E-state index contributed by atoms with van der Waals surface area (Å²) in [5.74, 6) is 0. The fourth-order valence-corrected chi connectivity index (χ4v) is 3.69. The number of sulfonamides is 2. The maximum absolute atomic E-state index is 11.5. The van der Waals surface area contributed by atoms with E-state index in [2.05, 4.69) is 12.2 Å². The van der Waals surface area contributed by atoms with Gasteiger partial charge in [0.1, 0.15) is 0 Å². The fourth-order valence-electron chi connectivity index (χ4n) is 2.01. The lowest BCUT2D eigenvalue weighted by atomic mass is 10.1. The number of hydrogen-bond acceptors (Lipinski definition) is 4. The highest BCUT2D eigenvalue weighted by molar-refractivity contribution is 7.92. The predicted octanol–water partition coefficient (Wildman–Crippen LogP) is 5.06. The highest BCUT2D eigenvalue weighted by atomic mass is 32.2. The summed E-state index contributed by atoms with van der Waals surface area (Å²) in [4.78, 5) is 0. The summed E-state index contributed by atoms with van der Waals surface area (Å²) in [6.07, 6.45) is 7.59. The molecule has 0 aliphatic carbocycles. The van der Waals surface area contributed by atoms with Gasteiger partial charge in [-0.3, -0.25) is 0 Å². The monoisotopic (exact) mass is 462 g/mol. The standard InChI is InChI=1S/2C11H21NO2S/c2*1-10(2)7-6-8-11(3)9-15(13,14)12(4)5/h2*7,9H,6,8H2,1-5H3/b11-9+;11-9-.